The van der Waals surface area contributed by atoms with Gasteiger partial charge < -0.3 is 9.11 Å². The summed E-state index contributed by atoms with van der Waals surface area (Å²) in [5.74, 6) is 0. The van der Waals surface area contributed by atoms with Crippen molar-refractivity contribution in [3.8, 4) is 0 Å². The predicted octanol–water partition coefficient (Wildman–Crippen LogP) is 8.68. The molecule has 45 heavy (non-hydrogen) atoms. The largest absolute Gasteiger partial charge is 2.00 e. The van der Waals surface area contributed by atoms with Crippen LogP contribution in [-0.4, -0.2) is 25.9 Å². The van der Waals surface area contributed by atoms with Gasteiger partial charge in [0.1, 0.15) is 20.2 Å². The van der Waals surface area contributed by atoms with Gasteiger partial charge in [-0.3, -0.25) is 0 Å². The molecule has 0 N–H and O–H groups in total. The third-order valence-corrected chi connectivity index (χ3v) is 9.47. The topological polar surface area (TPSA) is 114 Å². The number of hydrogen-bond acceptors (Lipinski definition) is 6. The van der Waals surface area contributed by atoms with Crippen molar-refractivity contribution in [3.05, 3.63) is 82.9 Å². The summed E-state index contributed by atoms with van der Waals surface area (Å²) in [6.45, 7) is 23.9. The van der Waals surface area contributed by atoms with Crippen molar-refractivity contribution in [2.24, 2.45) is 0 Å². The van der Waals surface area contributed by atoms with E-state index in [1.807, 2.05) is 119 Å². The Morgan fingerprint density at radius 3 is 0.956 bits per heavy atom. The number of rotatable bonds is 2. The van der Waals surface area contributed by atoms with Gasteiger partial charge in [0.15, 0.2) is 0 Å². The second kappa shape index (κ2) is 12.8. The maximum Gasteiger partial charge on any atom is 2.00 e. The van der Waals surface area contributed by atoms with E-state index in [2.05, 4.69) is 0 Å². The first-order valence-electron chi connectivity index (χ1n) is 14.7. The third kappa shape index (κ3) is 8.61. The van der Waals surface area contributed by atoms with Crippen molar-refractivity contribution in [1.29, 1.82) is 0 Å². The van der Waals surface area contributed by atoms with Crippen molar-refractivity contribution in [3.63, 3.8) is 0 Å². The van der Waals surface area contributed by atoms with Crippen LogP contribution in [0.4, 0.5) is 0 Å². The fraction of sp³-hybridized carbons (Fsp3) is 0.444. The van der Waals surface area contributed by atoms with Crippen LogP contribution < -0.4 is 0 Å². The molecule has 4 aromatic carbocycles. The molecule has 6 nitrogen and oxygen atoms in total. The van der Waals surface area contributed by atoms with E-state index in [0.717, 1.165) is 21.9 Å². The van der Waals surface area contributed by atoms with E-state index in [1.165, 1.54) is 0 Å². The van der Waals surface area contributed by atoms with Crippen LogP contribution in [0.1, 0.15) is 105 Å². The van der Waals surface area contributed by atoms with Crippen molar-refractivity contribution < 1.29 is 45.4 Å². The Balaban J connectivity index is 0.000000307. The molecule has 240 valence electrons. The summed E-state index contributed by atoms with van der Waals surface area (Å²) < 4.78 is 72.2. The summed E-state index contributed by atoms with van der Waals surface area (Å²) in [6.07, 6.45) is 0. The van der Waals surface area contributed by atoms with Crippen LogP contribution in [0.5, 0.6) is 0 Å². The van der Waals surface area contributed by atoms with E-state index in [0.29, 0.717) is 21.9 Å². The van der Waals surface area contributed by atoms with Gasteiger partial charge >= 0.3 is 19.5 Å². The molecule has 0 aliphatic heterocycles. The minimum Gasteiger partial charge on any atom is -0.744 e. The molecule has 0 fully saturated rings. The summed E-state index contributed by atoms with van der Waals surface area (Å²) in [4.78, 5) is -0.133. The van der Waals surface area contributed by atoms with E-state index >= 15 is 0 Å². The van der Waals surface area contributed by atoms with Gasteiger partial charge in [0, 0.05) is 0 Å². The number of hydrogen-bond donors (Lipinski definition) is 0. The minimum atomic E-state index is -4.58. The summed E-state index contributed by atoms with van der Waals surface area (Å²) in [7, 11) is -9.15. The second-order valence-electron chi connectivity index (χ2n) is 15.6. The van der Waals surface area contributed by atoms with E-state index < -0.39 is 31.1 Å². The standard InChI is InChI=1S/2C18H24O3S.Zn/c2*1-17(2,3)14-11-12-9-7-8-10-13(12)16(22(19,20)21)15(14)18(4,5)6;/h2*7-11H,1-6H3,(H,19,20,21);/q;;+2/p-2. The van der Waals surface area contributed by atoms with Crippen molar-refractivity contribution >= 4 is 41.8 Å². The molecule has 0 unspecified atom stereocenters. The quantitative estimate of drug-likeness (QED) is 0.152. The first-order chi connectivity index (χ1) is 19.7. The molecule has 4 rings (SSSR count). The number of benzene rings is 4. The molecule has 0 aromatic heterocycles. The van der Waals surface area contributed by atoms with Crippen LogP contribution in [0.3, 0.4) is 0 Å². The first-order valence-corrected chi connectivity index (χ1v) is 17.5. The molecule has 4 aromatic rings. The maximum absolute atomic E-state index is 12.0. The molecule has 0 aliphatic carbocycles. The van der Waals surface area contributed by atoms with Gasteiger partial charge in [-0.15, -0.1) is 0 Å². The van der Waals surface area contributed by atoms with E-state index in [1.54, 1.807) is 24.3 Å². The van der Waals surface area contributed by atoms with E-state index in [4.69, 9.17) is 0 Å². The molecule has 0 spiro atoms. The Morgan fingerprint density at radius 1 is 0.467 bits per heavy atom. The molecule has 0 aliphatic rings. The predicted molar refractivity (Wildman–Crippen MR) is 179 cm³/mol. The number of fused-ring (bicyclic) bond motifs is 2. The van der Waals surface area contributed by atoms with Gasteiger partial charge in [-0.05, 0) is 65.5 Å². The second-order valence-corrected chi connectivity index (χ2v) is 18.2. The summed E-state index contributed by atoms with van der Waals surface area (Å²) in [5, 5.41) is 2.59. The van der Waals surface area contributed by atoms with E-state index in [9.17, 15) is 25.9 Å². The van der Waals surface area contributed by atoms with Crippen molar-refractivity contribution in [2.75, 3.05) is 0 Å². The Morgan fingerprint density at radius 2 is 0.733 bits per heavy atom. The Kier molecular flexibility index (Phi) is 11.1. The SMILES string of the molecule is CC(C)(C)c1cc2ccccc2c(S(=O)(=O)[O-])c1C(C)(C)C.CC(C)(C)c1cc2ccccc2c(S(=O)(=O)[O-])c1C(C)(C)C.[Zn+2]. The zero-order chi connectivity index (χ0) is 33.8. The van der Waals surface area contributed by atoms with Crippen molar-refractivity contribution in [2.45, 2.75) is 115 Å². The Labute approximate surface area is 283 Å². The molecule has 0 saturated carbocycles. The summed E-state index contributed by atoms with van der Waals surface area (Å²) in [5.41, 5.74) is 1.68. The Hall–Kier alpha value is -2.16. The van der Waals surface area contributed by atoms with Gasteiger partial charge in [-0.25, -0.2) is 16.8 Å². The normalized spacial score (nSPS) is 13.3. The van der Waals surface area contributed by atoms with Crippen LogP contribution >= 0.6 is 0 Å². The monoisotopic (exact) mass is 702 g/mol. The van der Waals surface area contributed by atoms with Crippen molar-refractivity contribution in [1.82, 2.24) is 0 Å². The average Bonchev–Trinajstić information content (AvgIpc) is 2.83. The van der Waals surface area contributed by atoms with E-state index in [-0.39, 0.29) is 40.1 Å². The smallest absolute Gasteiger partial charge is 0.744 e. The summed E-state index contributed by atoms with van der Waals surface area (Å²) in [6, 6.07) is 18.4. The molecule has 0 radical (unpaired) electrons. The van der Waals surface area contributed by atoms with Gasteiger partial charge in [0.2, 0.25) is 0 Å². The Bertz CT molecular complexity index is 1790. The molecule has 0 bridgehead atoms. The molecule has 9 heteroatoms. The van der Waals surface area contributed by atoms with Crippen LogP contribution in [0.2, 0.25) is 0 Å². The van der Waals surface area contributed by atoms with Gasteiger partial charge in [-0.1, -0.05) is 144 Å². The zero-order valence-corrected chi connectivity index (χ0v) is 33.3. The fourth-order valence-electron chi connectivity index (χ4n) is 5.82. The molecule has 0 amide bonds. The average molecular weight is 704 g/mol. The fourth-order valence-corrected chi connectivity index (χ4v) is 8.06. The third-order valence-electron chi connectivity index (χ3n) is 7.62. The molecule has 0 atom stereocenters. The van der Waals surface area contributed by atoms with Gasteiger partial charge in [-0.2, -0.15) is 0 Å². The summed E-state index contributed by atoms with van der Waals surface area (Å²) >= 11 is 0. The van der Waals surface area contributed by atoms with Crippen LogP contribution in [-0.2, 0) is 61.4 Å². The van der Waals surface area contributed by atoms with Gasteiger partial charge in [0.05, 0.1) is 9.79 Å². The first kappa shape index (κ1) is 39.0. The van der Waals surface area contributed by atoms with Crippen LogP contribution in [0.25, 0.3) is 21.5 Å². The van der Waals surface area contributed by atoms with Crippen LogP contribution in [0.15, 0.2) is 70.5 Å². The maximum atomic E-state index is 12.0. The zero-order valence-electron chi connectivity index (χ0n) is 28.7. The van der Waals surface area contributed by atoms with Crippen LogP contribution in [0, 0.1) is 0 Å². The molecule has 0 saturated heterocycles. The minimum absolute atomic E-state index is 0. The molecule has 0 heterocycles. The molecular weight excluding hydrogens is 658 g/mol. The van der Waals surface area contributed by atoms with Gasteiger partial charge in [0.25, 0.3) is 0 Å². The molecular formula is C36H46O6S2Zn.